The molecule has 19 heavy (non-hydrogen) atoms. The summed E-state index contributed by atoms with van der Waals surface area (Å²) in [4.78, 5) is 4.31. The van der Waals surface area contributed by atoms with Gasteiger partial charge in [-0.15, -0.1) is 0 Å². The standard InChI is InChI=1S/C13H8BrClFN3/c1-7-4-12(15)19-13(17-7)6-11(18-19)9-3-2-8(14)5-10(9)16/h2-6H,1H3. The number of halogens is 3. The molecule has 2 heterocycles. The van der Waals surface area contributed by atoms with Gasteiger partial charge in [0.2, 0.25) is 0 Å². The summed E-state index contributed by atoms with van der Waals surface area (Å²) in [6, 6.07) is 8.26. The smallest absolute Gasteiger partial charge is 0.157 e. The molecule has 3 rings (SSSR count). The van der Waals surface area contributed by atoms with Crippen LogP contribution in [-0.2, 0) is 0 Å². The van der Waals surface area contributed by atoms with E-state index < -0.39 is 0 Å². The Morgan fingerprint density at radius 1 is 1.26 bits per heavy atom. The summed E-state index contributed by atoms with van der Waals surface area (Å²) in [7, 11) is 0. The fourth-order valence-corrected chi connectivity index (χ4v) is 2.50. The Morgan fingerprint density at radius 2 is 2.05 bits per heavy atom. The minimum atomic E-state index is -0.342. The van der Waals surface area contributed by atoms with Gasteiger partial charge in [0, 0.05) is 21.8 Å². The molecule has 6 heteroatoms. The lowest BCUT2D eigenvalue weighted by Crippen LogP contribution is -1.94. The first kappa shape index (κ1) is 12.6. The summed E-state index contributed by atoms with van der Waals surface area (Å²) in [6.07, 6.45) is 0. The lowest BCUT2D eigenvalue weighted by molar-refractivity contribution is 0.629. The van der Waals surface area contributed by atoms with E-state index in [1.807, 2.05) is 6.92 Å². The third-order valence-electron chi connectivity index (χ3n) is 2.72. The topological polar surface area (TPSA) is 30.2 Å². The number of aryl methyl sites for hydroxylation is 1. The Kier molecular flexibility index (Phi) is 3.03. The number of benzene rings is 1. The van der Waals surface area contributed by atoms with E-state index in [9.17, 15) is 4.39 Å². The van der Waals surface area contributed by atoms with Crippen molar-refractivity contribution in [3.8, 4) is 11.3 Å². The van der Waals surface area contributed by atoms with Crippen molar-refractivity contribution in [2.45, 2.75) is 6.92 Å². The van der Waals surface area contributed by atoms with Gasteiger partial charge >= 0.3 is 0 Å². The van der Waals surface area contributed by atoms with Crippen molar-refractivity contribution in [1.82, 2.24) is 14.6 Å². The summed E-state index contributed by atoms with van der Waals surface area (Å²) in [5.41, 5.74) is 2.31. The summed E-state index contributed by atoms with van der Waals surface area (Å²) < 4.78 is 16.1. The molecule has 0 atom stereocenters. The van der Waals surface area contributed by atoms with Crippen molar-refractivity contribution in [3.05, 3.63) is 51.5 Å². The normalized spacial score (nSPS) is 11.2. The number of fused-ring (bicyclic) bond motifs is 1. The first-order chi connectivity index (χ1) is 9.04. The van der Waals surface area contributed by atoms with Crippen LogP contribution >= 0.6 is 27.5 Å². The fraction of sp³-hybridized carbons (Fsp3) is 0.0769. The Labute approximate surface area is 122 Å². The van der Waals surface area contributed by atoms with Crippen LogP contribution in [-0.4, -0.2) is 14.6 Å². The van der Waals surface area contributed by atoms with Crippen molar-refractivity contribution in [2.75, 3.05) is 0 Å². The molecule has 0 unspecified atom stereocenters. The first-order valence-electron chi connectivity index (χ1n) is 5.53. The predicted molar refractivity (Wildman–Crippen MR) is 75.8 cm³/mol. The van der Waals surface area contributed by atoms with Gasteiger partial charge in [-0.2, -0.15) is 5.10 Å². The Balaban J connectivity index is 2.23. The van der Waals surface area contributed by atoms with E-state index in [0.29, 0.717) is 26.5 Å². The van der Waals surface area contributed by atoms with E-state index in [4.69, 9.17) is 11.6 Å². The van der Waals surface area contributed by atoms with Crippen LogP contribution < -0.4 is 0 Å². The maximum atomic E-state index is 13.9. The van der Waals surface area contributed by atoms with E-state index >= 15 is 0 Å². The van der Waals surface area contributed by atoms with E-state index in [1.165, 1.54) is 10.6 Å². The highest BCUT2D eigenvalue weighted by Crippen LogP contribution is 2.26. The highest BCUT2D eigenvalue weighted by molar-refractivity contribution is 9.10. The molecule has 0 aliphatic rings. The summed E-state index contributed by atoms with van der Waals surface area (Å²) in [6.45, 7) is 1.85. The predicted octanol–water partition coefficient (Wildman–Crippen LogP) is 4.26. The lowest BCUT2D eigenvalue weighted by Gasteiger charge is -1.99. The SMILES string of the molecule is Cc1cc(Cl)n2nc(-c3ccc(Br)cc3F)cc2n1. The molecule has 0 aliphatic heterocycles. The zero-order valence-corrected chi connectivity index (χ0v) is 12.2. The Morgan fingerprint density at radius 3 is 2.79 bits per heavy atom. The highest BCUT2D eigenvalue weighted by Gasteiger charge is 2.12. The van der Waals surface area contributed by atoms with E-state index in [2.05, 4.69) is 26.0 Å². The van der Waals surface area contributed by atoms with E-state index in [0.717, 1.165) is 5.69 Å². The molecule has 96 valence electrons. The molecule has 2 aromatic heterocycles. The lowest BCUT2D eigenvalue weighted by atomic mass is 10.1. The van der Waals surface area contributed by atoms with Crippen LogP contribution in [0.5, 0.6) is 0 Å². The van der Waals surface area contributed by atoms with Gasteiger partial charge in [0.05, 0.1) is 5.69 Å². The van der Waals surface area contributed by atoms with Crippen LogP contribution in [0.3, 0.4) is 0 Å². The molecule has 0 saturated heterocycles. The van der Waals surface area contributed by atoms with E-state index in [1.54, 1.807) is 24.3 Å². The maximum absolute atomic E-state index is 13.9. The Hall–Kier alpha value is -1.46. The van der Waals surface area contributed by atoms with Gasteiger partial charge < -0.3 is 0 Å². The van der Waals surface area contributed by atoms with Gasteiger partial charge in [-0.25, -0.2) is 13.9 Å². The van der Waals surface area contributed by atoms with Crippen LogP contribution in [0.4, 0.5) is 4.39 Å². The second kappa shape index (κ2) is 4.58. The zero-order valence-electron chi connectivity index (χ0n) is 9.86. The molecule has 0 spiro atoms. The molecular formula is C13H8BrClFN3. The second-order valence-corrected chi connectivity index (χ2v) is 5.45. The van der Waals surface area contributed by atoms with Gasteiger partial charge in [0.25, 0.3) is 0 Å². The van der Waals surface area contributed by atoms with Crippen LogP contribution in [0.25, 0.3) is 16.9 Å². The largest absolute Gasteiger partial charge is 0.234 e. The Bertz CT molecular complexity index is 785. The number of hydrogen-bond acceptors (Lipinski definition) is 2. The van der Waals surface area contributed by atoms with Crippen LogP contribution in [0.2, 0.25) is 5.15 Å². The van der Waals surface area contributed by atoms with Crippen molar-refractivity contribution >= 4 is 33.2 Å². The molecule has 0 radical (unpaired) electrons. The van der Waals surface area contributed by atoms with Crippen molar-refractivity contribution in [3.63, 3.8) is 0 Å². The summed E-state index contributed by atoms with van der Waals surface area (Å²) in [5.74, 6) is -0.342. The fourth-order valence-electron chi connectivity index (χ4n) is 1.88. The van der Waals surface area contributed by atoms with Gasteiger partial charge in [0.1, 0.15) is 11.0 Å². The molecule has 0 bridgehead atoms. The molecule has 0 aliphatic carbocycles. The monoisotopic (exact) mass is 339 g/mol. The summed E-state index contributed by atoms with van der Waals surface area (Å²) >= 11 is 9.31. The van der Waals surface area contributed by atoms with Crippen LogP contribution in [0.15, 0.2) is 34.8 Å². The molecule has 3 nitrogen and oxygen atoms in total. The number of aromatic nitrogens is 3. The summed E-state index contributed by atoms with van der Waals surface area (Å²) in [5, 5.41) is 4.73. The highest BCUT2D eigenvalue weighted by atomic mass is 79.9. The minimum absolute atomic E-state index is 0.342. The number of rotatable bonds is 1. The molecule has 3 aromatic rings. The van der Waals surface area contributed by atoms with Gasteiger partial charge in [-0.05, 0) is 31.2 Å². The van der Waals surface area contributed by atoms with Gasteiger partial charge in [-0.1, -0.05) is 27.5 Å². The molecule has 0 saturated carbocycles. The van der Waals surface area contributed by atoms with E-state index in [-0.39, 0.29) is 5.82 Å². The third-order valence-corrected chi connectivity index (χ3v) is 3.48. The molecule has 1 aromatic carbocycles. The van der Waals surface area contributed by atoms with Crippen LogP contribution in [0.1, 0.15) is 5.69 Å². The van der Waals surface area contributed by atoms with Gasteiger partial charge in [0.15, 0.2) is 5.65 Å². The molecule has 0 fully saturated rings. The molecule has 0 amide bonds. The second-order valence-electron chi connectivity index (χ2n) is 4.14. The number of nitrogens with zero attached hydrogens (tertiary/aromatic N) is 3. The van der Waals surface area contributed by atoms with Crippen molar-refractivity contribution in [2.24, 2.45) is 0 Å². The average molecular weight is 341 g/mol. The minimum Gasteiger partial charge on any atom is -0.234 e. The van der Waals surface area contributed by atoms with Crippen molar-refractivity contribution < 1.29 is 4.39 Å². The zero-order chi connectivity index (χ0) is 13.6. The third kappa shape index (κ3) is 2.24. The van der Waals surface area contributed by atoms with Gasteiger partial charge in [-0.3, -0.25) is 0 Å². The van der Waals surface area contributed by atoms with Crippen LogP contribution in [0, 0.1) is 12.7 Å². The molecule has 0 N–H and O–H groups in total. The molecular weight excluding hydrogens is 333 g/mol. The number of hydrogen-bond donors (Lipinski definition) is 0. The average Bonchev–Trinajstić information content (AvgIpc) is 2.72. The van der Waals surface area contributed by atoms with Crippen molar-refractivity contribution in [1.29, 1.82) is 0 Å². The maximum Gasteiger partial charge on any atom is 0.157 e. The quantitative estimate of drug-likeness (QED) is 0.620. The first-order valence-corrected chi connectivity index (χ1v) is 6.70.